The van der Waals surface area contributed by atoms with E-state index in [4.69, 9.17) is 0 Å². The Balaban J connectivity index is 1.83. The number of halogens is 1. The number of urea groups is 1. The van der Waals surface area contributed by atoms with Crippen LogP contribution in [0.5, 0.6) is 0 Å². The van der Waals surface area contributed by atoms with Crippen molar-refractivity contribution in [2.75, 3.05) is 26.4 Å². The van der Waals surface area contributed by atoms with E-state index in [1.807, 2.05) is 0 Å². The van der Waals surface area contributed by atoms with Crippen LogP contribution in [-0.4, -0.2) is 56.1 Å². The quantitative estimate of drug-likeness (QED) is 0.898. The van der Waals surface area contributed by atoms with E-state index in [1.54, 1.807) is 19.2 Å². The number of carbonyl (C=O) groups is 1. The summed E-state index contributed by atoms with van der Waals surface area (Å²) in [5, 5.41) is 2.90. The zero-order chi connectivity index (χ0) is 17.0. The highest BCUT2D eigenvalue weighted by atomic mass is 32.2. The predicted molar refractivity (Wildman–Crippen MR) is 85.8 cm³/mol. The van der Waals surface area contributed by atoms with Gasteiger partial charge in [0.25, 0.3) is 0 Å². The number of sulfonamides is 1. The van der Waals surface area contributed by atoms with Crippen molar-refractivity contribution in [2.24, 2.45) is 0 Å². The fraction of sp³-hybridized carbons (Fsp3) is 0.533. The Morgan fingerprint density at radius 3 is 2.61 bits per heavy atom. The summed E-state index contributed by atoms with van der Waals surface area (Å²) in [6.45, 7) is 1.14. The number of nitrogens with zero attached hydrogens (tertiary/aromatic N) is 2. The van der Waals surface area contributed by atoms with Crippen molar-refractivity contribution in [1.29, 1.82) is 0 Å². The lowest BCUT2D eigenvalue weighted by atomic mass is 10.1. The predicted octanol–water partition coefficient (Wildman–Crippen LogP) is 1.39. The smallest absolute Gasteiger partial charge is 0.317 e. The van der Waals surface area contributed by atoms with Crippen LogP contribution in [0, 0.1) is 5.82 Å². The van der Waals surface area contributed by atoms with Gasteiger partial charge in [0.05, 0.1) is 6.26 Å². The zero-order valence-corrected chi connectivity index (χ0v) is 14.1. The molecule has 0 saturated carbocycles. The summed E-state index contributed by atoms with van der Waals surface area (Å²) in [7, 11) is -1.52. The molecule has 2 rings (SSSR count). The van der Waals surface area contributed by atoms with Crippen LogP contribution in [0.3, 0.4) is 0 Å². The summed E-state index contributed by atoms with van der Waals surface area (Å²) >= 11 is 0. The number of amides is 2. The third-order valence-electron chi connectivity index (χ3n) is 3.91. The molecule has 128 valence electrons. The van der Waals surface area contributed by atoms with Crippen molar-refractivity contribution < 1.29 is 17.6 Å². The van der Waals surface area contributed by atoms with Crippen LogP contribution in [0.25, 0.3) is 0 Å². The molecule has 2 amide bonds. The zero-order valence-electron chi connectivity index (χ0n) is 13.3. The molecular weight excluding hydrogens is 321 g/mol. The van der Waals surface area contributed by atoms with Gasteiger partial charge in [-0.3, -0.25) is 0 Å². The van der Waals surface area contributed by atoms with E-state index < -0.39 is 10.0 Å². The molecule has 8 heteroatoms. The molecule has 1 fully saturated rings. The van der Waals surface area contributed by atoms with Crippen LogP contribution in [0.2, 0.25) is 0 Å². The summed E-state index contributed by atoms with van der Waals surface area (Å²) in [4.78, 5) is 13.7. The molecule has 1 aromatic carbocycles. The number of rotatable bonds is 4. The van der Waals surface area contributed by atoms with Gasteiger partial charge in [0.15, 0.2) is 0 Å². The number of hydrogen-bond donors (Lipinski definition) is 1. The molecule has 1 N–H and O–H groups in total. The second kappa shape index (κ2) is 7.27. The minimum absolute atomic E-state index is 0.0459. The van der Waals surface area contributed by atoms with Gasteiger partial charge in [-0.1, -0.05) is 12.1 Å². The molecule has 0 atom stereocenters. The Labute approximate surface area is 136 Å². The molecule has 1 aromatic rings. The minimum Gasteiger partial charge on any atom is -0.335 e. The first-order chi connectivity index (χ1) is 10.8. The molecule has 0 unspecified atom stereocenters. The normalized spacial score (nSPS) is 17.0. The minimum atomic E-state index is -3.16. The second-order valence-electron chi connectivity index (χ2n) is 5.87. The van der Waals surface area contributed by atoms with Gasteiger partial charge >= 0.3 is 6.03 Å². The molecule has 6 nitrogen and oxygen atoms in total. The van der Waals surface area contributed by atoms with Crippen LogP contribution < -0.4 is 5.32 Å². The van der Waals surface area contributed by atoms with Gasteiger partial charge in [-0.2, -0.15) is 0 Å². The summed E-state index contributed by atoms with van der Waals surface area (Å²) in [6.07, 6.45) is 2.37. The second-order valence-corrected chi connectivity index (χ2v) is 7.85. The van der Waals surface area contributed by atoms with E-state index >= 15 is 0 Å². The Morgan fingerprint density at radius 2 is 2.04 bits per heavy atom. The van der Waals surface area contributed by atoms with Crippen LogP contribution in [0.1, 0.15) is 18.4 Å². The van der Waals surface area contributed by atoms with Gasteiger partial charge in [-0.15, -0.1) is 0 Å². The Kier molecular flexibility index (Phi) is 5.59. The van der Waals surface area contributed by atoms with Crippen molar-refractivity contribution in [3.8, 4) is 0 Å². The van der Waals surface area contributed by atoms with Gasteiger partial charge < -0.3 is 10.2 Å². The first kappa shape index (κ1) is 17.7. The van der Waals surface area contributed by atoms with E-state index in [2.05, 4.69) is 5.32 Å². The van der Waals surface area contributed by atoms with Gasteiger partial charge in [0.1, 0.15) is 5.82 Å². The standard InChI is InChI=1S/C15H22FN3O3S/c1-18(11-12-4-3-5-13(16)10-12)15(20)17-14-6-8-19(9-7-14)23(2,21)22/h3-5,10,14H,6-9,11H2,1-2H3,(H,17,20). The average Bonchev–Trinajstić information content (AvgIpc) is 2.46. The van der Waals surface area contributed by atoms with Crippen molar-refractivity contribution in [2.45, 2.75) is 25.4 Å². The summed E-state index contributed by atoms with van der Waals surface area (Å²) in [6, 6.07) is 5.84. The number of nitrogens with one attached hydrogen (secondary N) is 1. The number of hydrogen-bond acceptors (Lipinski definition) is 3. The fourth-order valence-electron chi connectivity index (χ4n) is 2.60. The van der Waals surface area contributed by atoms with E-state index in [-0.39, 0.29) is 17.9 Å². The molecule has 1 aliphatic rings. The van der Waals surface area contributed by atoms with Crippen molar-refractivity contribution >= 4 is 16.1 Å². The third-order valence-corrected chi connectivity index (χ3v) is 5.21. The molecule has 1 heterocycles. The highest BCUT2D eigenvalue weighted by Gasteiger charge is 2.26. The van der Waals surface area contributed by atoms with Gasteiger partial charge in [0.2, 0.25) is 10.0 Å². The molecular formula is C15H22FN3O3S. The van der Waals surface area contributed by atoms with Crippen LogP contribution in [0.15, 0.2) is 24.3 Å². The van der Waals surface area contributed by atoms with E-state index in [0.29, 0.717) is 32.5 Å². The molecule has 0 bridgehead atoms. The molecule has 0 aliphatic carbocycles. The Morgan fingerprint density at radius 1 is 1.39 bits per heavy atom. The highest BCUT2D eigenvalue weighted by molar-refractivity contribution is 7.88. The first-order valence-electron chi connectivity index (χ1n) is 7.47. The fourth-order valence-corrected chi connectivity index (χ4v) is 3.47. The van der Waals surface area contributed by atoms with Crippen molar-refractivity contribution in [1.82, 2.24) is 14.5 Å². The first-order valence-corrected chi connectivity index (χ1v) is 9.32. The van der Waals surface area contributed by atoms with Gasteiger partial charge in [-0.25, -0.2) is 21.9 Å². The molecule has 23 heavy (non-hydrogen) atoms. The molecule has 0 aromatic heterocycles. The van der Waals surface area contributed by atoms with Crippen LogP contribution in [-0.2, 0) is 16.6 Å². The topological polar surface area (TPSA) is 69.7 Å². The van der Waals surface area contributed by atoms with Crippen LogP contribution in [0.4, 0.5) is 9.18 Å². The molecule has 1 aliphatic heterocycles. The Hall–Kier alpha value is -1.67. The largest absolute Gasteiger partial charge is 0.335 e. The molecule has 1 saturated heterocycles. The van der Waals surface area contributed by atoms with Crippen LogP contribution >= 0.6 is 0 Å². The van der Waals surface area contributed by atoms with E-state index in [0.717, 1.165) is 5.56 Å². The summed E-state index contributed by atoms with van der Waals surface area (Å²) in [5.41, 5.74) is 0.717. The lowest BCUT2D eigenvalue weighted by Gasteiger charge is -2.31. The lowest BCUT2D eigenvalue weighted by molar-refractivity contribution is 0.195. The van der Waals surface area contributed by atoms with Crippen molar-refractivity contribution in [3.05, 3.63) is 35.6 Å². The maximum Gasteiger partial charge on any atom is 0.317 e. The van der Waals surface area contributed by atoms with E-state index in [1.165, 1.54) is 27.6 Å². The average molecular weight is 343 g/mol. The SMILES string of the molecule is CN(Cc1cccc(F)c1)C(=O)NC1CCN(S(C)(=O)=O)CC1. The summed E-state index contributed by atoms with van der Waals surface area (Å²) < 4.78 is 37.5. The maximum absolute atomic E-state index is 13.2. The number of benzene rings is 1. The molecule has 0 spiro atoms. The van der Waals surface area contributed by atoms with Crippen molar-refractivity contribution in [3.63, 3.8) is 0 Å². The third kappa shape index (κ3) is 5.18. The Bertz CT molecular complexity index is 658. The van der Waals surface area contributed by atoms with Gasteiger partial charge in [-0.05, 0) is 30.5 Å². The highest BCUT2D eigenvalue weighted by Crippen LogP contribution is 2.14. The summed E-state index contributed by atoms with van der Waals surface area (Å²) in [5.74, 6) is -0.329. The molecule has 0 radical (unpaired) electrons. The van der Waals surface area contributed by atoms with Gasteiger partial charge in [0, 0.05) is 32.7 Å². The monoisotopic (exact) mass is 343 g/mol. The number of piperidine rings is 1. The maximum atomic E-state index is 13.2. The lowest BCUT2D eigenvalue weighted by Crippen LogP contribution is -2.49. The van der Waals surface area contributed by atoms with E-state index in [9.17, 15) is 17.6 Å². The number of carbonyl (C=O) groups excluding carboxylic acids is 1.